The Hall–Kier alpha value is -1.59. The number of carbonyl (C=O) groups excluding carboxylic acids is 1. The first-order chi connectivity index (χ1) is 11.2. The highest BCUT2D eigenvalue weighted by Crippen LogP contribution is 2.17. The molecule has 3 N–H and O–H groups in total. The first-order valence-corrected chi connectivity index (χ1v) is 8.60. The van der Waals surface area contributed by atoms with Crippen LogP contribution in [-0.4, -0.2) is 49.8 Å². The Morgan fingerprint density at radius 3 is 2.70 bits per heavy atom. The van der Waals surface area contributed by atoms with E-state index in [0.717, 1.165) is 38.9 Å². The van der Waals surface area contributed by atoms with E-state index in [4.69, 9.17) is 10.5 Å². The molecule has 1 saturated heterocycles. The van der Waals surface area contributed by atoms with E-state index in [0.29, 0.717) is 19.1 Å². The largest absolute Gasteiger partial charge is 0.450 e. The molecule has 0 radical (unpaired) electrons. The predicted molar refractivity (Wildman–Crippen MR) is 92.3 cm³/mol. The van der Waals surface area contributed by atoms with Crippen LogP contribution in [-0.2, 0) is 11.2 Å². The first-order valence-electron chi connectivity index (χ1n) is 8.60. The van der Waals surface area contributed by atoms with Crippen LogP contribution in [0, 0.1) is 5.92 Å². The van der Waals surface area contributed by atoms with Gasteiger partial charge in [0.1, 0.15) is 0 Å². The summed E-state index contributed by atoms with van der Waals surface area (Å²) in [5, 5.41) is 2.84. The van der Waals surface area contributed by atoms with Gasteiger partial charge >= 0.3 is 6.09 Å². The third-order valence-electron chi connectivity index (χ3n) is 4.35. The molecule has 1 aromatic carbocycles. The molecule has 5 nitrogen and oxygen atoms in total. The summed E-state index contributed by atoms with van der Waals surface area (Å²) >= 11 is 0. The summed E-state index contributed by atoms with van der Waals surface area (Å²) in [5.41, 5.74) is 7.59. The number of amides is 1. The molecule has 0 spiro atoms. The summed E-state index contributed by atoms with van der Waals surface area (Å²) in [6.45, 7) is 5.99. The Kier molecular flexibility index (Phi) is 7.36. The first kappa shape index (κ1) is 17.8. The smallest absolute Gasteiger partial charge is 0.407 e. The number of rotatable bonds is 7. The molecule has 0 aromatic heterocycles. The monoisotopic (exact) mass is 319 g/mol. The van der Waals surface area contributed by atoms with Crippen molar-refractivity contribution in [2.45, 2.75) is 32.2 Å². The van der Waals surface area contributed by atoms with Crippen molar-refractivity contribution in [1.29, 1.82) is 0 Å². The van der Waals surface area contributed by atoms with E-state index in [1.807, 2.05) is 13.0 Å². The number of likely N-dealkylation sites (tertiary alicyclic amines) is 1. The minimum Gasteiger partial charge on any atom is -0.450 e. The quantitative estimate of drug-likeness (QED) is 0.807. The van der Waals surface area contributed by atoms with Crippen LogP contribution in [0.1, 0.15) is 25.3 Å². The number of hydrogen-bond donors (Lipinski definition) is 2. The Morgan fingerprint density at radius 1 is 1.35 bits per heavy atom. The molecule has 0 unspecified atom stereocenters. The van der Waals surface area contributed by atoms with Gasteiger partial charge in [0.15, 0.2) is 0 Å². The summed E-state index contributed by atoms with van der Waals surface area (Å²) < 4.78 is 4.89. The zero-order chi connectivity index (χ0) is 16.5. The number of piperidine rings is 1. The second kappa shape index (κ2) is 9.53. The van der Waals surface area contributed by atoms with E-state index in [-0.39, 0.29) is 12.1 Å². The van der Waals surface area contributed by atoms with Gasteiger partial charge in [-0.1, -0.05) is 30.3 Å². The average Bonchev–Trinajstić information content (AvgIpc) is 2.55. The lowest BCUT2D eigenvalue weighted by Crippen LogP contribution is -2.44. The Labute approximate surface area is 139 Å². The lowest BCUT2D eigenvalue weighted by molar-refractivity contribution is 0.142. The number of carbonyl (C=O) groups is 1. The maximum Gasteiger partial charge on any atom is 0.407 e. The van der Waals surface area contributed by atoms with Gasteiger partial charge in [0, 0.05) is 19.1 Å². The second-order valence-electron chi connectivity index (χ2n) is 6.30. The lowest BCUT2D eigenvalue weighted by atomic mass is 9.96. The fourth-order valence-electron chi connectivity index (χ4n) is 3.10. The highest BCUT2D eigenvalue weighted by atomic mass is 16.5. The van der Waals surface area contributed by atoms with Crippen molar-refractivity contribution in [2.75, 3.05) is 32.8 Å². The summed E-state index contributed by atoms with van der Waals surface area (Å²) in [5.74, 6) is 0.543. The average molecular weight is 319 g/mol. The fourth-order valence-corrected chi connectivity index (χ4v) is 3.10. The van der Waals surface area contributed by atoms with Gasteiger partial charge in [0.05, 0.1) is 6.61 Å². The molecule has 128 valence electrons. The zero-order valence-electron chi connectivity index (χ0n) is 14.0. The minimum atomic E-state index is -0.306. The zero-order valence-corrected chi connectivity index (χ0v) is 14.0. The van der Waals surface area contributed by atoms with E-state index >= 15 is 0 Å². The van der Waals surface area contributed by atoms with Crippen molar-refractivity contribution >= 4 is 6.09 Å². The maximum absolute atomic E-state index is 11.3. The highest BCUT2D eigenvalue weighted by molar-refractivity contribution is 5.66. The van der Waals surface area contributed by atoms with Gasteiger partial charge in [-0.15, -0.1) is 0 Å². The molecule has 5 heteroatoms. The van der Waals surface area contributed by atoms with Gasteiger partial charge in [-0.05, 0) is 50.8 Å². The van der Waals surface area contributed by atoms with E-state index < -0.39 is 0 Å². The standard InChI is InChI=1S/C18H29N3O2/c1-2-23-18(22)20-13-16-8-10-21(11-9-16)14-17(19)12-15-6-4-3-5-7-15/h3-7,16-17H,2,8-14,19H2,1H3,(H,20,22)/t17-/m0/s1. The Balaban J connectivity index is 1.63. The molecule has 1 atom stereocenters. The number of hydrogen-bond acceptors (Lipinski definition) is 4. The molecule has 1 heterocycles. The van der Waals surface area contributed by atoms with E-state index in [9.17, 15) is 4.79 Å². The number of nitrogens with two attached hydrogens (primary N) is 1. The Bertz CT molecular complexity index is 459. The summed E-state index contributed by atoms with van der Waals surface area (Å²) in [7, 11) is 0. The third-order valence-corrected chi connectivity index (χ3v) is 4.35. The number of nitrogens with one attached hydrogen (secondary N) is 1. The van der Waals surface area contributed by atoms with Crippen LogP contribution >= 0.6 is 0 Å². The van der Waals surface area contributed by atoms with Crippen molar-refractivity contribution < 1.29 is 9.53 Å². The third kappa shape index (κ3) is 6.59. The SMILES string of the molecule is CCOC(=O)NCC1CCN(C[C@@H](N)Cc2ccccc2)CC1. The van der Waals surface area contributed by atoms with Crippen molar-refractivity contribution in [3.05, 3.63) is 35.9 Å². The molecule has 0 saturated carbocycles. The molecular formula is C18H29N3O2. The van der Waals surface area contributed by atoms with Crippen LogP contribution in [0.15, 0.2) is 30.3 Å². The Morgan fingerprint density at radius 2 is 2.04 bits per heavy atom. The van der Waals surface area contributed by atoms with E-state index in [1.54, 1.807) is 0 Å². The van der Waals surface area contributed by atoms with Crippen molar-refractivity contribution in [1.82, 2.24) is 10.2 Å². The van der Waals surface area contributed by atoms with Gasteiger partial charge in [0.2, 0.25) is 0 Å². The summed E-state index contributed by atoms with van der Waals surface area (Å²) in [6.07, 6.45) is 2.82. The highest BCUT2D eigenvalue weighted by Gasteiger charge is 2.21. The van der Waals surface area contributed by atoms with E-state index in [2.05, 4.69) is 34.5 Å². The molecular weight excluding hydrogens is 290 g/mol. The molecule has 23 heavy (non-hydrogen) atoms. The molecule has 1 aliphatic rings. The van der Waals surface area contributed by atoms with Gasteiger partial charge in [-0.25, -0.2) is 4.79 Å². The van der Waals surface area contributed by atoms with Gasteiger partial charge in [0.25, 0.3) is 0 Å². The lowest BCUT2D eigenvalue weighted by Gasteiger charge is -2.33. The molecule has 1 fully saturated rings. The molecule has 1 amide bonds. The van der Waals surface area contributed by atoms with Crippen LogP contribution in [0.2, 0.25) is 0 Å². The topological polar surface area (TPSA) is 67.6 Å². The fraction of sp³-hybridized carbons (Fsp3) is 0.611. The van der Waals surface area contributed by atoms with Crippen LogP contribution in [0.4, 0.5) is 4.79 Å². The van der Waals surface area contributed by atoms with E-state index in [1.165, 1.54) is 5.56 Å². The van der Waals surface area contributed by atoms with Crippen LogP contribution in [0.25, 0.3) is 0 Å². The number of nitrogens with zero attached hydrogens (tertiary/aromatic N) is 1. The second-order valence-corrected chi connectivity index (χ2v) is 6.30. The van der Waals surface area contributed by atoms with Crippen molar-refractivity contribution in [2.24, 2.45) is 11.7 Å². The van der Waals surface area contributed by atoms with Gasteiger partial charge in [-0.3, -0.25) is 0 Å². The number of ether oxygens (including phenoxy) is 1. The number of benzene rings is 1. The maximum atomic E-state index is 11.3. The molecule has 2 rings (SSSR count). The molecule has 0 bridgehead atoms. The number of alkyl carbamates (subject to hydrolysis) is 1. The van der Waals surface area contributed by atoms with Crippen LogP contribution in [0.3, 0.4) is 0 Å². The van der Waals surface area contributed by atoms with Crippen LogP contribution in [0.5, 0.6) is 0 Å². The van der Waals surface area contributed by atoms with Crippen molar-refractivity contribution in [3.63, 3.8) is 0 Å². The normalized spacial score (nSPS) is 17.7. The van der Waals surface area contributed by atoms with Crippen molar-refractivity contribution in [3.8, 4) is 0 Å². The van der Waals surface area contributed by atoms with Gasteiger partial charge in [-0.2, -0.15) is 0 Å². The summed E-state index contributed by atoms with van der Waals surface area (Å²) in [4.78, 5) is 13.7. The molecule has 1 aromatic rings. The minimum absolute atomic E-state index is 0.173. The van der Waals surface area contributed by atoms with Crippen LogP contribution < -0.4 is 11.1 Å². The predicted octanol–water partition coefficient (Wildman–Crippen LogP) is 2.01. The van der Waals surface area contributed by atoms with Gasteiger partial charge < -0.3 is 20.7 Å². The molecule has 0 aliphatic carbocycles. The molecule has 1 aliphatic heterocycles. The summed E-state index contributed by atoms with van der Waals surface area (Å²) in [6, 6.07) is 10.6.